The molecule has 37 heavy (non-hydrogen) atoms. The van der Waals surface area contributed by atoms with Gasteiger partial charge in [0.15, 0.2) is 11.5 Å². The number of para-hydroxylation sites is 1. The molecule has 0 unspecified atom stereocenters. The molecule has 1 aliphatic rings. The Morgan fingerprint density at radius 1 is 0.919 bits per heavy atom. The first-order valence-corrected chi connectivity index (χ1v) is 12.8. The van der Waals surface area contributed by atoms with Crippen LogP contribution in [0.2, 0.25) is 0 Å². The predicted molar refractivity (Wildman–Crippen MR) is 137 cm³/mol. The minimum absolute atomic E-state index is 0.0165. The largest absolute Gasteiger partial charge is 0.490 e. The lowest BCUT2D eigenvalue weighted by molar-refractivity contribution is -0.122. The smallest absolute Gasteiger partial charge is 0.339 e. The van der Waals surface area contributed by atoms with E-state index in [9.17, 15) is 22.8 Å². The molecule has 10 heteroatoms. The van der Waals surface area contributed by atoms with Gasteiger partial charge in [-0.3, -0.25) is 14.9 Å². The zero-order chi connectivity index (χ0) is 26.7. The molecular weight excluding hydrogens is 496 g/mol. The van der Waals surface area contributed by atoms with Crippen LogP contribution in [0, 0.1) is 13.8 Å². The number of ether oxygens (including phenoxy) is 1. The number of anilines is 1. The molecule has 0 saturated carbocycles. The van der Waals surface area contributed by atoms with Crippen molar-refractivity contribution in [2.45, 2.75) is 25.7 Å². The first-order valence-electron chi connectivity index (χ1n) is 11.4. The Labute approximate surface area is 214 Å². The van der Waals surface area contributed by atoms with Crippen LogP contribution in [0.4, 0.5) is 10.5 Å². The van der Waals surface area contributed by atoms with Gasteiger partial charge in [-0.2, -0.15) is 8.42 Å². The molecule has 0 radical (unpaired) electrons. The molecule has 4 amide bonds. The third-order valence-electron chi connectivity index (χ3n) is 5.55. The van der Waals surface area contributed by atoms with E-state index in [-0.39, 0.29) is 28.6 Å². The molecule has 3 aromatic carbocycles. The summed E-state index contributed by atoms with van der Waals surface area (Å²) in [5.41, 5.74) is 2.01. The second kappa shape index (κ2) is 10.3. The highest BCUT2D eigenvalue weighted by atomic mass is 32.2. The second-order valence-corrected chi connectivity index (χ2v) is 9.78. The molecule has 3 aromatic rings. The van der Waals surface area contributed by atoms with Crippen LogP contribution >= 0.6 is 0 Å². The topological polar surface area (TPSA) is 119 Å². The van der Waals surface area contributed by atoms with E-state index in [0.717, 1.165) is 10.5 Å². The number of imide groups is 2. The SMILES string of the molecule is CCOc1cc(/C=C2\C(=O)NC(=O)N(c3ccccc3C)C2=O)ccc1OS(=O)(=O)c1ccc(C)cc1. The fourth-order valence-corrected chi connectivity index (χ4v) is 4.62. The summed E-state index contributed by atoms with van der Waals surface area (Å²) >= 11 is 0. The quantitative estimate of drug-likeness (QED) is 0.283. The lowest BCUT2D eigenvalue weighted by Gasteiger charge is -2.27. The van der Waals surface area contributed by atoms with Crippen LogP contribution in [0.25, 0.3) is 6.08 Å². The fourth-order valence-electron chi connectivity index (χ4n) is 3.68. The van der Waals surface area contributed by atoms with Crippen molar-refractivity contribution in [3.05, 3.63) is 89.0 Å². The van der Waals surface area contributed by atoms with Gasteiger partial charge in [0.1, 0.15) is 10.5 Å². The van der Waals surface area contributed by atoms with Crippen LogP contribution in [0.5, 0.6) is 11.5 Å². The minimum Gasteiger partial charge on any atom is -0.490 e. The summed E-state index contributed by atoms with van der Waals surface area (Å²) in [6.07, 6.45) is 1.30. The number of barbiturate groups is 1. The summed E-state index contributed by atoms with van der Waals surface area (Å²) in [6.45, 7) is 5.50. The van der Waals surface area contributed by atoms with E-state index in [4.69, 9.17) is 8.92 Å². The molecule has 0 atom stereocenters. The summed E-state index contributed by atoms with van der Waals surface area (Å²) in [6, 6.07) is 16.5. The van der Waals surface area contributed by atoms with Crippen molar-refractivity contribution in [3.8, 4) is 11.5 Å². The Hall–Kier alpha value is -4.44. The van der Waals surface area contributed by atoms with Crippen molar-refractivity contribution in [1.29, 1.82) is 0 Å². The standard InChI is InChI=1S/C27H24N2O7S/c1-4-35-24-16-19(11-14-23(24)36-37(33,34)20-12-9-17(2)10-13-20)15-21-25(30)28-27(32)29(26(21)31)22-8-6-5-7-18(22)3/h5-16H,4H2,1-3H3,(H,28,30,32)/b21-15+. The number of hydrogen-bond donors (Lipinski definition) is 1. The molecule has 0 aliphatic carbocycles. The van der Waals surface area contributed by atoms with Crippen LogP contribution in [-0.2, 0) is 19.7 Å². The minimum atomic E-state index is -4.13. The summed E-state index contributed by atoms with van der Waals surface area (Å²) in [7, 11) is -4.13. The normalized spacial score (nSPS) is 15.1. The summed E-state index contributed by atoms with van der Waals surface area (Å²) < 4.78 is 36.4. The zero-order valence-electron chi connectivity index (χ0n) is 20.3. The van der Waals surface area contributed by atoms with E-state index in [1.54, 1.807) is 50.2 Å². The Balaban J connectivity index is 1.68. The van der Waals surface area contributed by atoms with Gasteiger partial charge in [-0.1, -0.05) is 42.0 Å². The zero-order valence-corrected chi connectivity index (χ0v) is 21.2. The lowest BCUT2D eigenvalue weighted by Crippen LogP contribution is -2.54. The van der Waals surface area contributed by atoms with Gasteiger partial charge in [-0.15, -0.1) is 0 Å². The number of rotatable bonds is 7. The Morgan fingerprint density at radius 3 is 2.30 bits per heavy atom. The van der Waals surface area contributed by atoms with Crippen LogP contribution < -0.4 is 19.1 Å². The van der Waals surface area contributed by atoms with Crippen molar-refractivity contribution in [2.24, 2.45) is 0 Å². The highest BCUT2D eigenvalue weighted by Crippen LogP contribution is 2.33. The van der Waals surface area contributed by atoms with Crippen LogP contribution in [-0.4, -0.2) is 32.9 Å². The van der Waals surface area contributed by atoms with Crippen molar-refractivity contribution >= 4 is 39.7 Å². The summed E-state index contributed by atoms with van der Waals surface area (Å²) in [5.74, 6) is -1.59. The van der Waals surface area contributed by atoms with E-state index < -0.39 is 28.0 Å². The van der Waals surface area contributed by atoms with Gasteiger partial charge in [0.25, 0.3) is 11.8 Å². The lowest BCUT2D eigenvalue weighted by atomic mass is 10.1. The third-order valence-corrected chi connectivity index (χ3v) is 6.79. The van der Waals surface area contributed by atoms with Crippen LogP contribution in [0.1, 0.15) is 23.6 Å². The molecule has 0 aromatic heterocycles. The molecule has 1 fully saturated rings. The molecule has 190 valence electrons. The highest BCUT2D eigenvalue weighted by molar-refractivity contribution is 7.87. The van der Waals surface area contributed by atoms with Crippen molar-refractivity contribution in [3.63, 3.8) is 0 Å². The average Bonchev–Trinajstić information content (AvgIpc) is 2.84. The first-order chi connectivity index (χ1) is 17.6. The maximum atomic E-state index is 13.2. The van der Waals surface area contributed by atoms with E-state index in [1.165, 1.54) is 36.4 Å². The number of nitrogens with zero attached hydrogens (tertiary/aromatic N) is 1. The van der Waals surface area contributed by atoms with E-state index >= 15 is 0 Å². The Bertz CT molecular complexity index is 1530. The molecule has 1 aliphatic heterocycles. The number of amides is 4. The number of aryl methyl sites for hydroxylation is 2. The number of urea groups is 1. The summed E-state index contributed by atoms with van der Waals surface area (Å²) in [4.78, 5) is 39.1. The number of carbonyl (C=O) groups is 3. The Kier molecular flexibility index (Phi) is 7.12. The Morgan fingerprint density at radius 2 is 1.62 bits per heavy atom. The molecule has 1 heterocycles. The first kappa shape index (κ1) is 25.6. The fraction of sp³-hybridized carbons (Fsp3) is 0.148. The second-order valence-electron chi connectivity index (χ2n) is 8.23. The van der Waals surface area contributed by atoms with Crippen molar-refractivity contribution < 1.29 is 31.7 Å². The maximum absolute atomic E-state index is 13.2. The van der Waals surface area contributed by atoms with Crippen LogP contribution in [0.3, 0.4) is 0 Å². The van der Waals surface area contributed by atoms with E-state index in [1.807, 2.05) is 6.92 Å². The number of carbonyl (C=O) groups excluding carboxylic acids is 3. The monoisotopic (exact) mass is 520 g/mol. The molecule has 1 N–H and O–H groups in total. The maximum Gasteiger partial charge on any atom is 0.339 e. The van der Waals surface area contributed by atoms with Gasteiger partial charge in [-0.25, -0.2) is 9.69 Å². The molecule has 4 rings (SSSR count). The van der Waals surface area contributed by atoms with Gasteiger partial charge >= 0.3 is 16.1 Å². The van der Waals surface area contributed by atoms with Crippen LogP contribution in [0.15, 0.2) is 77.2 Å². The van der Waals surface area contributed by atoms with Crippen molar-refractivity contribution in [1.82, 2.24) is 5.32 Å². The third kappa shape index (κ3) is 5.39. The molecule has 9 nitrogen and oxygen atoms in total. The van der Waals surface area contributed by atoms with Crippen molar-refractivity contribution in [2.75, 3.05) is 11.5 Å². The molecule has 0 spiro atoms. The summed E-state index contributed by atoms with van der Waals surface area (Å²) in [5, 5.41) is 2.18. The molecular formula is C27H24N2O7S. The molecule has 1 saturated heterocycles. The van der Waals surface area contributed by atoms with Gasteiger partial charge in [0.2, 0.25) is 0 Å². The van der Waals surface area contributed by atoms with Gasteiger partial charge in [0, 0.05) is 0 Å². The van der Waals surface area contributed by atoms with E-state index in [0.29, 0.717) is 16.8 Å². The number of benzene rings is 3. The van der Waals surface area contributed by atoms with Gasteiger partial charge < -0.3 is 8.92 Å². The average molecular weight is 521 g/mol. The van der Waals surface area contributed by atoms with Gasteiger partial charge in [-0.05, 0) is 68.3 Å². The number of nitrogens with one attached hydrogen (secondary N) is 1. The molecule has 0 bridgehead atoms. The van der Waals surface area contributed by atoms with Gasteiger partial charge in [0.05, 0.1) is 12.3 Å². The van der Waals surface area contributed by atoms with E-state index in [2.05, 4.69) is 5.32 Å². The number of hydrogen-bond acceptors (Lipinski definition) is 7. The highest BCUT2D eigenvalue weighted by Gasteiger charge is 2.37. The predicted octanol–water partition coefficient (Wildman–Crippen LogP) is 4.14.